The summed E-state index contributed by atoms with van der Waals surface area (Å²) in [7, 11) is 0. The molecule has 0 aromatic carbocycles. The maximum atomic E-state index is 11.9. The molecular formula is C14H27NO2. The molecule has 3 nitrogen and oxygen atoms in total. The van der Waals surface area contributed by atoms with Crippen molar-refractivity contribution in [1.82, 2.24) is 5.32 Å². The quantitative estimate of drug-likeness (QED) is 0.750. The molecule has 0 spiro atoms. The number of amides is 1. The van der Waals surface area contributed by atoms with Crippen molar-refractivity contribution in [2.75, 3.05) is 13.2 Å². The maximum Gasteiger partial charge on any atom is 0.220 e. The van der Waals surface area contributed by atoms with Gasteiger partial charge in [-0.15, -0.1) is 0 Å². The third-order valence-electron chi connectivity index (χ3n) is 3.92. The number of carbonyl (C=O) groups is 1. The molecule has 17 heavy (non-hydrogen) atoms. The van der Waals surface area contributed by atoms with Gasteiger partial charge in [0.05, 0.1) is 0 Å². The van der Waals surface area contributed by atoms with Crippen molar-refractivity contribution in [2.45, 2.75) is 58.8 Å². The van der Waals surface area contributed by atoms with Crippen LogP contribution in [0.4, 0.5) is 0 Å². The van der Waals surface area contributed by atoms with Crippen molar-refractivity contribution >= 4 is 5.91 Å². The SMILES string of the molecule is C[C@@H](CCO)CNC(=O)CC1(C)CCCCC1. The first-order valence-electron chi connectivity index (χ1n) is 6.93. The molecule has 0 saturated heterocycles. The van der Waals surface area contributed by atoms with Crippen molar-refractivity contribution in [3.63, 3.8) is 0 Å². The van der Waals surface area contributed by atoms with Gasteiger partial charge in [-0.2, -0.15) is 0 Å². The lowest BCUT2D eigenvalue weighted by Gasteiger charge is -2.33. The number of aliphatic hydroxyl groups excluding tert-OH is 1. The Kier molecular flexibility index (Phi) is 5.96. The van der Waals surface area contributed by atoms with Crippen molar-refractivity contribution in [3.8, 4) is 0 Å². The minimum Gasteiger partial charge on any atom is -0.396 e. The largest absolute Gasteiger partial charge is 0.396 e. The fraction of sp³-hybridized carbons (Fsp3) is 0.929. The van der Waals surface area contributed by atoms with Crippen LogP contribution < -0.4 is 5.32 Å². The Morgan fingerprint density at radius 1 is 1.35 bits per heavy atom. The van der Waals surface area contributed by atoms with Crippen molar-refractivity contribution in [2.24, 2.45) is 11.3 Å². The van der Waals surface area contributed by atoms with Crippen LogP contribution in [0.3, 0.4) is 0 Å². The summed E-state index contributed by atoms with van der Waals surface area (Å²) in [6, 6.07) is 0. The molecule has 0 bridgehead atoms. The summed E-state index contributed by atoms with van der Waals surface area (Å²) < 4.78 is 0. The third kappa shape index (κ3) is 5.53. The fourth-order valence-corrected chi connectivity index (χ4v) is 2.64. The minimum absolute atomic E-state index is 0.180. The van der Waals surface area contributed by atoms with E-state index >= 15 is 0 Å². The Morgan fingerprint density at radius 2 is 2.00 bits per heavy atom. The van der Waals surface area contributed by atoms with Crippen LogP contribution in [0.15, 0.2) is 0 Å². The highest BCUT2D eigenvalue weighted by atomic mass is 16.3. The number of nitrogens with one attached hydrogen (secondary N) is 1. The van der Waals surface area contributed by atoms with Crippen molar-refractivity contribution in [3.05, 3.63) is 0 Å². The molecule has 0 aliphatic heterocycles. The first-order valence-corrected chi connectivity index (χ1v) is 6.93. The lowest BCUT2D eigenvalue weighted by molar-refractivity contribution is -0.123. The first-order chi connectivity index (χ1) is 8.06. The fourth-order valence-electron chi connectivity index (χ4n) is 2.64. The van der Waals surface area contributed by atoms with E-state index in [0.29, 0.717) is 18.9 Å². The lowest BCUT2D eigenvalue weighted by atomic mass is 9.73. The van der Waals surface area contributed by atoms with Gasteiger partial charge in [-0.1, -0.05) is 33.1 Å². The van der Waals surface area contributed by atoms with E-state index in [9.17, 15) is 4.79 Å². The first kappa shape index (κ1) is 14.5. The Hall–Kier alpha value is -0.570. The van der Waals surface area contributed by atoms with Gasteiger partial charge in [0.15, 0.2) is 0 Å². The van der Waals surface area contributed by atoms with Crippen molar-refractivity contribution in [1.29, 1.82) is 0 Å². The normalized spacial score (nSPS) is 20.9. The molecule has 1 rings (SSSR count). The Balaban J connectivity index is 2.24. The highest BCUT2D eigenvalue weighted by molar-refractivity contribution is 5.76. The molecule has 1 aliphatic rings. The highest BCUT2D eigenvalue weighted by Gasteiger charge is 2.29. The zero-order chi connectivity index (χ0) is 12.7. The molecule has 2 N–H and O–H groups in total. The van der Waals surface area contributed by atoms with Gasteiger partial charge in [-0.05, 0) is 30.6 Å². The Labute approximate surface area is 105 Å². The van der Waals surface area contributed by atoms with E-state index < -0.39 is 0 Å². The van der Waals surface area contributed by atoms with Gasteiger partial charge in [0.25, 0.3) is 0 Å². The molecule has 1 fully saturated rings. The van der Waals surface area contributed by atoms with E-state index in [1.165, 1.54) is 32.1 Å². The van der Waals surface area contributed by atoms with Crippen LogP contribution in [0.5, 0.6) is 0 Å². The molecule has 1 amide bonds. The molecule has 1 aliphatic carbocycles. The number of rotatable bonds is 6. The monoisotopic (exact) mass is 241 g/mol. The lowest BCUT2D eigenvalue weighted by Crippen LogP contribution is -2.34. The average Bonchev–Trinajstić information content (AvgIpc) is 2.27. The van der Waals surface area contributed by atoms with Crippen LogP contribution in [0.1, 0.15) is 58.8 Å². The average molecular weight is 241 g/mol. The second kappa shape index (κ2) is 7.00. The molecule has 1 atom stereocenters. The number of hydrogen-bond donors (Lipinski definition) is 2. The second-order valence-corrected chi connectivity index (χ2v) is 5.97. The molecule has 0 unspecified atom stereocenters. The van der Waals surface area contributed by atoms with E-state index in [1.807, 2.05) is 0 Å². The van der Waals surface area contributed by atoms with Gasteiger partial charge in [0, 0.05) is 19.6 Å². The molecular weight excluding hydrogens is 214 g/mol. The summed E-state index contributed by atoms with van der Waals surface area (Å²) in [5.74, 6) is 0.544. The predicted octanol–water partition coefficient (Wildman–Crippen LogP) is 2.48. The van der Waals surface area contributed by atoms with Gasteiger partial charge >= 0.3 is 0 Å². The number of carbonyl (C=O) groups excluding carboxylic acids is 1. The van der Waals surface area contributed by atoms with Crippen LogP contribution in [0, 0.1) is 11.3 Å². The van der Waals surface area contributed by atoms with E-state index in [0.717, 1.165) is 6.42 Å². The van der Waals surface area contributed by atoms with E-state index in [-0.39, 0.29) is 17.9 Å². The summed E-state index contributed by atoms with van der Waals surface area (Å²) >= 11 is 0. The molecule has 1 saturated carbocycles. The molecule has 0 aromatic rings. The van der Waals surface area contributed by atoms with Gasteiger partial charge in [0.2, 0.25) is 5.91 Å². The van der Waals surface area contributed by atoms with Crippen molar-refractivity contribution < 1.29 is 9.90 Å². The van der Waals surface area contributed by atoms with Crippen LogP contribution in [-0.4, -0.2) is 24.2 Å². The van der Waals surface area contributed by atoms with E-state index in [2.05, 4.69) is 19.2 Å². The maximum absolute atomic E-state index is 11.9. The second-order valence-electron chi connectivity index (χ2n) is 5.97. The predicted molar refractivity (Wildman–Crippen MR) is 69.7 cm³/mol. The van der Waals surface area contributed by atoms with Gasteiger partial charge < -0.3 is 10.4 Å². The summed E-state index contributed by atoms with van der Waals surface area (Å²) in [5.41, 5.74) is 0.225. The highest BCUT2D eigenvalue weighted by Crippen LogP contribution is 2.38. The van der Waals surface area contributed by atoms with E-state index in [4.69, 9.17) is 5.11 Å². The van der Waals surface area contributed by atoms with Crippen LogP contribution in [0.2, 0.25) is 0 Å². The Morgan fingerprint density at radius 3 is 2.59 bits per heavy atom. The van der Waals surface area contributed by atoms with Gasteiger partial charge in [-0.3, -0.25) is 4.79 Å². The van der Waals surface area contributed by atoms with Crippen LogP contribution in [-0.2, 0) is 4.79 Å². The van der Waals surface area contributed by atoms with Crippen LogP contribution in [0.25, 0.3) is 0 Å². The number of hydrogen-bond acceptors (Lipinski definition) is 2. The summed E-state index contributed by atoms with van der Waals surface area (Å²) in [5, 5.41) is 11.8. The zero-order valence-electron chi connectivity index (χ0n) is 11.3. The minimum atomic E-state index is 0.180. The standard InChI is InChI=1S/C14H27NO2/c1-12(6-9-16)11-15-13(17)10-14(2)7-4-3-5-8-14/h12,16H,3-11H2,1-2H3,(H,15,17)/t12-/m0/s1. The molecule has 0 aromatic heterocycles. The molecule has 0 heterocycles. The zero-order valence-corrected chi connectivity index (χ0v) is 11.3. The Bertz CT molecular complexity index is 234. The molecule has 100 valence electrons. The van der Waals surface area contributed by atoms with Gasteiger partial charge in [-0.25, -0.2) is 0 Å². The molecule has 0 radical (unpaired) electrons. The third-order valence-corrected chi connectivity index (χ3v) is 3.92. The topological polar surface area (TPSA) is 49.3 Å². The summed E-state index contributed by atoms with van der Waals surface area (Å²) in [6.07, 6.45) is 7.66. The van der Waals surface area contributed by atoms with Gasteiger partial charge in [0.1, 0.15) is 0 Å². The van der Waals surface area contributed by atoms with Crippen LogP contribution >= 0.6 is 0 Å². The summed E-state index contributed by atoms with van der Waals surface area (Å²) in [6.45, 7) is 5.19. The number of aliphatic hydroxyl groups is 1. The molecule has 3 heteroatoms. The van der Waals surface area contributed by atoms with E-state index in [1.54, 1.807) is 0 Å². The summed E-state index contributed by atoms with van der Waals surface area (Å²) in [4.78, 5) is 11.9. The smallest absolute Gasteiger partial charge is 0.220 e.